The van der Waals surface area contributed by atoms with E-state index in [1.54, 1.807) is 35.3 Å². The van der Waals surface area contributed by atoms with Gasteiger partial charge in [0.2, 0.25) is 5.78 Å². The summed E-state index contributed by atoms with van der Waals surface area (Å²) >= 11 is 0. The third-order valence-electron chi connectivity index (χ3n) is 3.61. The van der Waals surface area contributed by atoms with E-state index in [4.69, 9.17) is 4.74 Å². The number of para-hydroxylation sites is 1. The van der Waals surface area contributed by atoms with E-state index in [2.05, 4.69) is 10.1 Å². The first kappa shape index (κ1) is 16.4. The predicted octanol–water partition coefficient (Wildman–Crippen LogP) is 3.16. The van der Waals surface area contributed by atoms with Crippen molar-refractivity contribution in [2.45, 2.75) is 12.8 Å². The Morgan fingerprint density at radius 3 is 2.64 bits per heavy atom. The standard InChI is InChI=1S/C19H16N4O2/c1-2-25-17-13-23(14-8-4-3-5-9-14)22-18(17)19(24)15(12-20)16-10-6-7-11-21-16/h3-11,13,15H,2H2,1H3. The van der Waals surface area contributed by atoms with Gasteiger partial charge in [-0.05, 0) is 31.2 Å². The molecule has 0 saturated heterocycles. The SMILES string of the molecule is CCOc1cn(-c2ccccc2)nc1C(=O)C(C#N)c1ccccn1. The van der Waals surface area contributed by atoms with Crippen molar-refractivity contribution < 1.29 is 9.53 Å². The van der Waals surface area contributed by atoms with Crippen molar-refractivity contribution in [3.05, 3.63) is 72.3 Å². The molecular formula is C19H16N4O2. The van der Waals surface area contributed by atoms with Gasteiger partial charge in [0.15, 0.2) is 17.4 Å². The van der Waals surface area contributed by atoms with Crippen molar-refractivity contribution in [1.82, 2.24) is 14.8 Å². The van der Waals surface area contributed by atoms with E-state index >= 15 is 0 Å². The van der Waals surface area contributed by atoms with Gasteiger partial charge in [-0.1, -0.05) is 24.3 Å². The first-order valence-electron chi connectivity index (χ1n) is 7.87. The lowest BCUT2D eigenvalue weighted by atomic mass is 9.98. The number of pyridine rings is 1. The fourth-order valence-corrected chi connectivity index (χ4v) is 2.45. The van der Waals surface area contributed by atoms with Gasteiger partial charge >= 0.3 is 0 Å². The highest BCUT2D eigenvalue weighted by molar-refractivity contribution is 6.03. The molecule has 25 heavy (non-hydrogen) atoms. The Labute approximate surface area is 145 Å². The van der Waals surface area contributed by atoms with Crippen LogP contribution in [0.5, 0.6) is 5.75 Å². The quantitative estimate of drug-likeness (QED) is 0.648. The van der Waals surface area contributed by atoms with Crippen LogP contribution in [0.4, 0.5) is 0 Å². The largest absolute Gasteiger partial charge is 0.490 e. The van der Waals surface area contributed by atoms with Crippen molar-refractivity contribution in [2.24, 2.45) is 0 Å². The third-order valence-corrected chi connectivity index (χ3v) is 3.61. The zero-order valence-electron chi connectivity index (χ0n) is 13.7. The lowest BCUT2D eigenvalue weighted by Gasteiger charge is -2.07. The fourth-order valence-electron chi connectivity index (χ4n) is 2.45. The van der Waals surface area contributed by atoms with Gasteiger partial charge in [-0.25, -0.2) is 4.68 Å². The highest BCUT2D eigenvalue weighted by atomic mass is 16.5. The van der Waals surface area contributed by atoms with E-state index < -0.39 is 11.7 Å². The molecule has 0 spiro atoms. The molecule has 2 heterocycles. The summed E-state index contributed by atoms with van der Waals surface area (Å²) in [6, 6.07) is 16.6. The second-order valence-electron chi connectivity index (χ2n) is 5.24. The minimum Gasteiger partial charge on any atom is -0.490 e. The average molecular weight is 332 g/mol. The summed E-state index contributed by atoms with van der Waals surface area (Å²) in [4.78, 5) is 17.0. The summed E-state index contributed by atoms with van der Waals surface area (Å²) in [5, 5.41) is 13.8. The Morgan fingerprint density at radius 2 is 2.00 bits per heavy atom. The zero-order valence-corrected chi connectivity index (χ0v) is 13.7. The van der Waals surface area contributed by atoms with Gasteiger partial charge in [0, 0.05) is 6.20 Å². The first-order chi connectivity index (χ1) is 12.2. The molecule has 2 aromatic heterocycles. The van der Waals surface area contributed by atoms with Crippen LogP contribution in [-0.4, -0.2) is 27.2 Å². The van der Waals surface area contributed by atoms with Crippen molar-refractivity contribution in [3.63, 3.8) is 0 Å². The molecule has 0 aliphatic carbocycles. The number of carbonyl (C=O) groups is 1. The molecule has 6 nitrogen and oxygen atoms in total. The highest BCUT2D eigenvalue weighted by Crippen LogP contribution is 2.26. The monoisotopic (exact) mass is 332 g/mol. The van der Waals surface area contributed by atoms with Crippen LogP contribution in [0.1, 0.15) is 29.0 Å². The Kier molecular flexibility index (Phi) is 4.86. The zero-order chi connectivity index (χ0) is 17.6. The molecule has 0 amide bonds. The number of aromatic nitrogens is 3. The second kappa shape index (κ2) is 7.41. The molecule has 1 aromatic carbocycles. The van der Waals surface area contributed by atoms with Gasteiger partial charge in [0.05, 0.1) is 30.3 Å². The smallest absolute Gasteiger partial charge is 0.210 e. The molecule has 0 fully saturated rings. The van der Waals surface area contributed by atoms with E-state index in [-0.39, 0.29) is 5.69 Å². The lowest BCUT2D eigenvalue weighted by molar-refractivity contribution is 0.0968. The number of Topliss-reactive ketones (excluding diaryl/α,β-unsaturated/α-hetero) is 1. The van der Waals surface area contributed by atoms with Crippen LogP contribution in [-0.2, 0) is 0 Å². The Bertz CT molecular complexity index is 898. The number of ether oxygens (including phenoxy) is 1. The van der Waals surface area contributed by atoms with Gasteiger partial charge < -0.3 is 4.74 Å². The summed E-state index contributed by atoms with van der Waals surface area (Å²) in [6.45, 7) is 2.22. The molecular weight excluding hydrogens is 316 g/mol. The maximum Gasteiger partial charge on any atom is 0.210 e. The van der Waals surface area contributed by atoms with Crippen LogP contribution in [0.2, 0.25) is 0 Å². The van der Waals surface area contributed by atoms with Crippen molar-refractivity contribution in [2.75, 3.05) is 6.61 Å². The van der Waals surface area contributed by atoms with Crippen molar-refractivity contribution in [3.8, 4) is 17.5 Å². The summed E-state index contributed by atoms with van der Waals surface area (Å²) in [5.74, 6) is -1.11. The minimum absolute atomic E-state index is 0.128. The number of nitriles is 1. The summed E-state index contributed by atoms with van der Waals surface area (Å²) in [5.41, 5.74) is 1.32. The molecule has 0 radical (unpaired) electrons. The van der Waals surface area contributed by atoms with E-state index in [0.29, 0.717) is 18.1 Å². The van der Waals surface area contributed by atoms with Crippen LogP contribution >= 0.6 is 0 Å². The van der Waals surface area contributed by atoms with E-state index in [0.717, 1.165) is 5.69 Å². The summed E-state index contributed by atoms with van der Waals surface area (Å²) < 4.78 is 7.13. The maximum absolute atomic E-state index is 12.9. The molecule has 0 N–H and O–H groups in total. The highest BCUT2D eigenvalue weighted by Gasteiger charge is 2.29. The van der Waals surface area contributed by atoms with Crippen LogP contribution in [0, 0.1) is 11.3 Å². The number of hydrogen-bond acceptors (Lipinski definition) is 5. The molecule has 1 atom stereocenters. The molecule has 3 aromatic rings. The van der Waals surface area contributed by atoms with Crippen molar-refractivity contribution >= 4 is 5.78 Å². The molecule has 6 heteroatoms. The summed E-state index contributed by atoms with van der Waals surface area (Å²) in [7, 11) is 0. The topological polar surface area (TPSA) is 80.8 Å². The predicted molar refractivity (Wildman–Crippen MR) is 91.7 cm³/mol. The minimum atomic E-state index is -1.03. The number of nitrogens with zero attached hydrogens (tertiary/aromatic N) is 4. The lowest BCUT2D eigenvalue weighted by Crippen LogP contribution is -2.14. The Balaban J connectivity index is 2.01. The van der Waals surface area contributed by atoms with Crippen LogP contribution in [0.3, 0.4) is 0 Å². The number of carbonyl (C=O) groups excluding carboxylic acids is 1. The number of rotatable bonds is 6. The molecule has 0 aliphatic heterocycles. The first-order valence-corrected chi connectivity index (χ1v) is 7.87. The molecule has 0 bridgehead atoms. The van der Waals surface area contributed by atoms with E-state index in [1.165, 1.54) is 0 Å². The normalized spacial score (nSPS) is 11.5. The van der Waals surface area contributed by atoms with Crippen molar-refractivity contribution in [1.29, 1.82) is 5.26 Å². The molecule has 0 saturated carbocycles. The Hall–Kier alpha value is -3.46. The third kappa shape index (κ3) is 3.40. The number of hydrogen-bond donors (Lipinski definition) is 0. The van der Waals surface area contributed by atoms with Gasteiger partial charge in [-0.3, -0.25) is 9.78 Å². The average Bonchev–Trinajstić information content (AvgIpc) is 3.08. The number of benzene rings is 1. The molecule has 0 aliphatic rings. The van der Waals surface area contributed by atoms with Gasteiger partial charge in [0.1, 0.15) is 0 Å². The van der Waals surface area contributed by atoms with Gasteiger partial charge in [-0.15, -0.1) is 0 Å². The fraction of sp³-hybridized carbons (Fsp3) is 0.158. The van der Waals surface area contributed by atoms with E-state index in [9.17, 15) is 10.1 Å². The van der Waals surface area contributed by atoms with Gasteiger partial charge in [0.25, 0.3) is 0 Å². The van der Waals surface area contributed by atoms with Crippen LogP contribution in [0.25, 0.3) is 5.69 Å². The number of ketones is 1. The molecule has 1 unspecified atom stereocenters. The second-order valence-corrected chi connectivity index (χ2v) is 5.24. The van der Waals surface area contributed by atoms with Crippen LogP contribution < -0.4 is 4.74 Å². The van der Waals surface area contributed by atoms with Crippen LogP contribution in [0.15, 0.2) is 60.9 Å². The van der Waals surface area contributed by atoms with Gasteiger partial charge in [-0.2, -0.15) is 10.4 Å². The molecule has 3 rings (SSSR count). The van der Waals surface area contributed by atoms with E-state index in [1.807, 2.05) is 43.3 Å². The Morgan fingerprint density at radius 1 is 1.24 bits per heavy atom. The molecule has 124 valence electrons. The maximum atomic E-state index is 12.9. The summed E-state index contributed by atoms with van der Waals surface area (Å²) in [6.07, 6.45) is 3.21.